The van der Waals surface area contributed by atoms with Crippen LogP contribution in [0.2, 0.25) is 0 Å². The van der Waals surface area contributed by atoms with Gasteiger partial charge in [0.1, 0.15) is 0 Å². The maximum atomic E-state index is 6.13. The summed E-state index contributed by atoms with van der Waals surface area (Å²) in [5.41, 5.74) is 23.5. The molecular formula is C69H74N8O4. The van der Waals surface area contributed by atoms with Crippen molar-refractivity contribution in [2.24, 2.45) is 0 Å². The van der Waals surface area contributed by atoms with Crippen LogP contribution in [0.1, 0.15) is 141 Å². The summed E-state index contributed by atoms with van der Waals surface area (Å²) >= 11 is 0. The van der Waals surface area contributed by atoms with Gasteiger partial charge in [-0.05, 0) is 206 Å². The van der Waals surface area contributed by atoms with Gasteiger partial charge in [-0.15, -0.1) is 0 Å². The zero-order chi connectivity index (χ0) is 56.6. The Bertz CT molecular complexity index is 3870. The Hall–Kier alpha value is -7.74. The van der Waals surface area contributed by atoms with Gasteiger partial charge in [0.2, 0.25) is 0 Å². The molecule has 0 unspecified atom stereocenters. The van der Waals surface area contributed by atoms with E-state index in [0.29, 0.717) is 25.7 Å². The lowest BCUT2D eigenvalue weighted by molar-refractivity contribution is 0.0230. The molecule has 414 valence electrons. The highest BCUT2D eigenvalue weighted by Gasteiger charge is 2.29. The lowest BCUT2D eigenvalue weighted by Gasteiger charge is -2.23. The highest BCUT2D eigenvalue weighted by molar-refractivity contribution is 6.03. The number of fused-ring (bicyclic) bond motifs is 17. The molecule has 12 heteroatoms. The molecule has 6 aromatic heterocycles. The van der Waals surface area contributed by atoms with Crippen molar-refractivity contribution in [1.29, 1.82) is 0 Å². The summed E-state index contributed by atoms with van der Waals surface area (Å²) in [6, 6.07) is 26.5. The van der Waals surface area contributed by atoms with Gasteiger partial charge in [0, 0.05) is 132 Å². The Morgan fingerprint density at radius 2 is 0.667 bits per heavy atom. The second kappa shape index (κ2) is 20.7. The van der Waals surface area contributed by atoms with E-state index in [1.165, 1.54) is 11.1 Å². The molecule has 7 aromatic rings. The van der Waals surface area contributed by atoms with Gasteiger partial charge in [-0.2, -0.15) is 0 Å². The summed E-state index contributed by atoms with van der Waals surface area (Å²) < 4.78 is 24.5. The third-order valence-corrected chi connectivity index (χ3v) is 17.0. The average molecular weight is 1080 g/mol. The van der Waals surface area contributed by atoms with Crippen molar-refractivity contribution in [3.8, 4) is 22.3 Å². The van der Waals surface area contributed by atoms with Crippen molar-refractivity contribution >= 4 is 92.7 Å². The Morgan fingerprint density at radius 3 is 1.04 bits per heavy atom. The van der Waals surface area contributed by atoms with Crippen molar-refractivity contribution in [1.82, 2.24) is 39.9 Å². The number of H-pyrrole nitrogens is 4. The standard InChI is InChI=1S/C69H74N8O4/c1-66(2,78-9)36-48-52-20-16-42(70-52)34-43-17-21-53(71-43)49(37-67(3,4)79-10)57-25-29-61(75-57)64(60-28-24-56(48)74-60)46-32-40-14-13-15-41(40)33-47(46)65-62-30-26-58(76-62)50(38-68(5,6)80-11)54-22-18-44(72-54)35-45-19-23-55(73-45)51(39-69(7,8)81-12)59-27-31-63(65)77-59/h16-35,70,72,75,77H,13-15,36-39H2,1-12H3. The number of nitrogens with zero attached hydrogens (tertiary/aromatic N) is 4. The number of aromatic nitrogens is 8. The Kier molecular flexibility index (Phi) is 13.7. The second-order valence-electron chi connectivity index (χ2n) is 24.7. The number of hydrogen-bond acceptors (Lipinski definition) is 8. The second-order valence-corrected chi connectivity index (χ2v) is 24.7. The van der Waals surface area contributed by atoms with Crippen LogP contribution in [0, 0.1) is 0 Å². The van der Waals surface area contributed by atoms with Crippen molar-refractivity contribution < 1.29 is 18.9 Å². The summed E-state index contributed by atoms with van der Waals surface area (Å²) in [5.74, 6) is 0. The summed E-state index contributed by atoms with van der Waals surface area (Å²) in [4.78, 5) is 37.5. The minimum absolute atomic E-state index is 0.486. The van der Waals surface area contributed by atoms with E-state index >= 15 is 0 Å². The number of aryl methyl sites for hydroxylation is 2. The van der Waals surface area contributed by atoms with Crippen LogP contribution >= 0.6 is 0 Å². The van der Waals surface area contributed by atoms with E-state index in [1.807, 2.05) is 0 Å². The Morgan fingerprint density at radius 1 is 0.358 bits per heavy atom. The molecule has 5 aliphatic rings. The smallest absolute Gasteiger partial charge is 0.0737 e. The third kappa shape index (κ3) is 10.7. The van der Waals surface area contributed by atoms with Crippen LogP contribution in [-0.4, -0.2) is 90.7 Å². The van der Waals surface area contributed by atoms with Gasteiger partial charge in [-0.3, -0.25) is 0 Å². The van der Waals surface area contributed by atoms with Crippen molar-refractivity contribution in [3.63, 3.8) is 0 Å². The monoisotopic (exact) mass is 1080 g/mol. The van der Waals surface area contributed by atoms with Crippen LogP contribution in [0.15, 0.2) is 72.8 Å². The topological polar surface area (TPSA) is 152 Å². The fourth-order valence-corrected chi connectivity index (χ4v) is 11.9. The van der Waals surface area contributed by atoms with Gasteiger partial charge in [0.15, 0.2) is 0 Å². The van der Waals surface area contributed by atoms with E-state index < -0.39 is 22.4 Å². The van der Waals surface area contributed by atoms with Crippen LogP contribution < -0.4 is 0 Å². The van der Waals surface area contributed by atoms with Gasteiger partial charge >= 0.3 is 0 Å². The number of ether oxygens (including phenoxy) is 4. The lowest BCUT2D eigenvalue weighted by atomic mass is 9.89. The first-order valence-electron chi connectivity index (χ1n) is 28.4. The predicted octanol–water partition coefficient (Wildman–Crippen LogP) is 15.3. The van der Waals surface area contributed by atoms with E-state index in [2.05, 4.69) is 197 Å². The molecule has 16 bridgehead atoms. The molecular weight excluding hydrogens is 1000 g/mol. The molecule has 10 heterocycles. The molecule has 4 aliphatic heterocycles. The molecule has 0 fully saturated rings. The quantitative estimate of drug-likeness (QED) is 0.0840. The summed E-state index contributed by atoms with van der Waals surface area (Å²) in [6.45, 7) is 17.0. The molecule has 0 atom stereocenters. The van der Waals surface area contributed by atoms with Crippen LogP contribution in [0.3, 0.4) is 0 Å². The summed E-state index contributed by atoms with van der Waals surface area (Å²) in [7, 11) is 7.11. The molecule has 1 aliphatic carbocycles. The molecule has 1 aromatic carbocycles. The van der Waals surface area contributed by atoms with Gasteiger partial charge in [0.25, 0.3) is 0 Å². The van der Waals surface area contributed by atoms with Crippen molar-refractivity contribution in [2.45, 2.75) is 123 Å². The van der Waals surface area contributed by atoms with Gasteiger partial charge in [-0.1, -0.05) is 12.1 Å². The van der Waals surface area contributed by atoms with Gasteiger partial charge in [-0.25, -0.2) is 19.9 Å². The zero-order valence-corrected chi connectivity index (χ0v) is 48.9. The first-order valence-corrected chi connectivity index (χ1v) is 28.4. The highest BCUT2D eigenvalue weighted by Crippen LogP contribution is 2.45. The molecule has 81 heavy (non-hydrogen) atoms. The number of methoxy groups -OCH3 is 4. The SMILES string of the molecule is COC(C)(C)Cc1c2nc(c(-c3cc4c(cc3-c3c5nc(c(CC(C)(C)OC)c6ccc(cc7nc(c(CC(C)(C)OC)c8ccc3[nH]8)C=C7)[nH]6)C=C5)CCC4)c3ccc([nH]3)c(CC(C)(C)OC)c3nc(cc4ccc1[nH]4)C=C3)C=C2. The number of nitrogens with one attached hydrogen (secondary N) is 4. The third-order valence-electron chi connectivity index (χ3n) is 17.0. The molecule has 0 amide bonds. The maximum absolute atomic E-state index is 6.13. The molecule has 12 rings (SSSR count). The molecule has 0 radical (unpaired) electrons. The molecule has 0 saturated carbocycles. The Balaban J connectivity index is 1.24. The highest BCUT2D eigenvalue weighted by atomic mass is 16.5. The first-order chi connectivity index (χ1) is 38.8. The van der Waals surface area contributed by atoms with Crippen LogP contribution in [0.4, 0.5) is 0 Å². The maximum Gasteiger partial charge on any atom is 0.0737 e. The van der Waals surface area contributed by atoms with Crippen LogP contribution in [0.25, 0.3) is 115 Å². The molecule has 4 N–H and O–H groups in total. The van der Waals surface area contributed by atoms with Gasteiger partial charge in [0.05, 0.1) is 68.0 Å². The zero-order valence-electron chi connectivity index (χ0n) is 48.9. The van der Waals surface area contributed by atoms with E-state index in [4.69, 9.17) is 38.9 Å². The fourth-order valence-electron chi connectivity index (χ4n) is 11.9. The fraction of sp³-hybridized carbons (Fsp3) is 0.333. The molecule has 12 nitrogen and oxygen atoms in total. The average Bonchev–Trinajstić information content (AvgIpc) is 4.48. The molecule has 0 saturated heterocycles. The minimum atomic E-state index is -0.486. The summed E-state index contributed by atoms with van der Waals surface area (Å²) in [5, 5.41) is 0. The number of rotatable bonds is 14. The van der Waals surface area contributed by atoms with E-state index in [0.717, 1.165) is 153 Å². The first kappa shape index (κ1) is 53.9. The van der Waals surface area contributed by atoms with E-state index in [9.17, 15) is 0 Å². The number of benzene rings is 1. The van der Waals surface area contributed by atoms with Gasteiger partial charge < -0.3 is 38.9 Å². The van der Waals surface area contributed by atoms with E-state index in [-0.39, 0.29) is 0 Å². The number of aromatic amines is 4. The summed E-state index contributed by atoms with van der Waals surface area (Å²) in [6.07, 6.45) is 22.6. The normalized spacial score (nSPS) is 14.2. The largest absolute Gasteiger partial charge is 0.378 e. The van der Waals surface area contributed by atoms with Crippen molar-refractivity contribution in [2.75, 3.05) is 28.4 Å². The molecule has 0 spiro atoms. The van der Waals surface area contributed by atoms with Crippen LogP contribution in [-0.2, 0) is 57.5 Å². The number of hydrogen-bond donors (Lipinski definition) is 4. The minimum Gasteiger partial charge on any atom is -0.378 e. The Labute approximate surface area is 474 Å². The van der Waals surface area contributed by atoms with E-state index in [1.54, 1.807) is 28.4 Å². The van der Waals surface area contributed by atoms with Crippen LogP contribution in [0.5, 0.6) is 0 Å². The predicted molar refractivity (Wildman–Crippen MR) is 333 cm³/mol. The van der Waals surface area contributed by atoms with Crippen molar-refractivity contribution in [3.05, 3.63) is 152 Å². The lowest BCUT2D eigenvalue weighted by Crippen LogP contribution is -2.26.